The molecule has 0 saturated carbocycles. The van der Waals surface area contributed by atoms with Crippen LogP contribution in [0.15, 0.2) is 96.6 Å². The number of benzene rings is 2. The SMILES string of the molecule is C=C(C)C.C=C(OC)c1ccc(C(=O)N2CCC(C(=O)NC3CC4=C(CCC=C4)C3)(c3ccccc3)CC2)cc1. The predicted molar refractivity (Wildman–Crippen MR) is 163 cm³/mol. The highest BCUT2D eigenvalue weighted by Crippen LogP contribution is 2.38. The lowest BCUT2D eigenvalue weighted by Gasteiger charge is -2.41. The zero-order chi connectivity index (χ0) is 28.7. The topological polar surface area (TPSA) is 58.6 Å². The average molecular weight is 539 g/mol. The zero-order valence-electron chi connectivity index (χ0n) is 24.2. The van der Waals surface area contributed by atoms with Gasteiger partial charge in [-0.2, -0.15) is 0 Å². The third-order valence-corrected chi connectivity index (χ3v) is 8.05. The molecule has 3 aliphatic rings. The average Bonchev–Trinajstić information content (AvgIpc) is 3.39. The summed E-state index contributed by atoms with van der Waals surface area (Å²) in [6.45, 7) is 12.4. The molecule has 5 rings (SSSR count). The molecule has 0 spiro atoms. The fraction of sp³-hybridized carbons (Fsp3) is 0.371. The second-order valence-electron chi connectivity index (χ2n) is 11.3. The van der Waals surface area contributed by atoms with Gasteiger partial charge in [-0.05, 0) is 75.6 Å². The minimum Gasteiger partial charge on any atom is -0.497 e. The van der Waals surface area contributed by atoms with Gasteiger partial charge in [-0.15, -0.1) is 6.58 Å². The molecule has 2 amide bonds. The molecule has 2 aromatic carbocycles. The molecule has 40 heavy (non-hydrogen) atoms. The van der Waals surface area contributed by atoms with Crippen molar-refractivity contribution in [2.45, 2.75) is 63.8 Å². The van der Waals surface area contributed by atoms with Gasteiger partial charge in [0.25, 0.3) is 5.91 Å². The maximum atomic E-state index is 13.9. The van der Waals surface area contributed by atoms with E-state index in [1.165, 1.54) is 16.7 Å². The highest BCUT2D eigenvalue weighted by molar-refractivity contribution is 5.95. The van der Waals surface area contributed by atoms with Crippen LogP contribution >= 0.6 is 0 Å². The molecule has 0 radical (unpaired) electrons. The Balaban J connectivity index is 0.000000867. The summed E-state index contributed by atoms with van der Waals surface area (Å²) in [5, 5.41) is 3.40. The van der Waals surface area contributed by atoms with Gasteiger partial charge < -0.3 is 15.0 Å². The van der Waals surface area contributed by atoms with Gasteiger partial charge in [-0.1, -0.05) is 72.3 Å². The van der Waals surface area contributed by atoms with E-state index < -0.39 is 5.41 Å². The van der Waals surface area contributed by atoms with Crippen LogP contribution in [0.1, 0.15) is 73.9 Å². The molecule has 1 atom stereocenters. The summed E-state index contributed by atoms with van der Waals surface area (Å²) >= 11 is 0. The summed E-state index contributed by atoms with van der Waals surface area (Å²) in [5.41, 5.74) is 5.96. The predicted octanol–water partition coefficient (Wildman–Crippen LogP) is 6.99. The van der Waals surface area contributed by atoms with Crippen molar-refractivity contribution in [2.24, 2.45) is 0 Å². The number of methoxy groups -OCH3 is 1. The number of amides is 2. The zero-order valence-corrected chi connectivity index (χ0v) is 24.2. The fourth-order valence-electron chi connectivity index (χ4n) is 5.86. The van der Waals surface area contributed by atoms with E-state index in [9.17, 15) is 9.59 Å². The van der Waals surface area contributed by atoms with Crippen LogP contribution in [0.25, 0.3) is 5.76 Å². The van der Waals surface area contributed by atoms with E-state index in [4.69, 9.17) is 4.74 Å². The Hall–Kier alpha value is -3.86. The molecule has 2 aliphatic carbocycles. The maximum absolute atomic E-state index is 13.9. The fourth-order valence-corrected chi connectivity index (χ4v) is 5.86. The maximum Gasteiger partial charge on any atom is 0.253 e. The number of allylic oxidation sites excluding steroid dienone is 3. The summed E-state index contributed by atoms with van der Waals surface area (Å²) in [6.07, 6.45) is 9.76. The number of hydrogen-bond donors (Lipinski definition) is 1. The number of piperidine rings is 1. The van der Waals surface area contributed by atoms with Crippen LogP contribution in [-0.4, -0.2) is 43.0 Å². The number of likely N-dealkylation sites (tertiary alicyclic amines) is 1. The van der Waals surface area contributed by atoms with Crippen molar-refractivity contribution in [1.82, 2.24) is 10.2 Å². The number of carbonyl (C=O) groups excluding carboxylic acids is 2. The van der Waals surface area contributed by atoms with Crippen LogP contribution in [0.5, 0.6) is 0 Å². The van der Waals surface area contributed by atoms with Crippen LogP contribution in [0.3, 0.4) is 0 Å². The molecule has 2 aromatic rings. The molecule has 1 unspecified atom stereocenters. The van der Waals surface area contributed by atoms with Gasteiger partial charge in [-0.25, -0.2) is 0 Å². The molecule has 1 N–H and O–H groups in total. The Morgan fingerprint density at radius 3 is 2.17 bits per heavy atom. The molecule has 5 heteroatoms. The third-order valence-electron chi connectivity index (χ3n) is 8.05. The Labute approximate surface area is 239 Å². The number of carbonyl (C=O) groups is 2. The first-order valence-electron chi connectivity index (χ1n) is 14.2. The summed E-state index contributed by atoms with van der Waals surface area (Å²) in [7, 11) is 1.58. The van der Waals surface area contributed by atoms with Gasteiger partial charge in [0.1, 0.15) is 5.76 Å². The largest absolute Gasteiger partial charge is 0.497 e. The number of nitrogens with zero attached hydrogens (tertiary/aromatic N) is 1. The summed E-state index contributed by atoms with van der Waals surface area (Å²) < 4.78 is 5.18. The first-order valence-corrected chi connectivity index (χ1v) is 14.2. The van der Waals surface area contributed by atoms with E-state index in [2.05, 4.69) is 42.8 Å². The van der Waals surface area contributed by atoms with Gasteiger partial charge in [0.05, 0.1) is 12.5 Å². The van der Waals surface area contributed by atoms with Crippen molar-refractivity contribution in [2.75, 3.05) is 20.2 Å². The lowest BCUT2D eigenvalue weighted by Crippen LogP contribution is -2.54. The van der Waals surface area contributed by atoms with Gasteiger partial charge >= 0.3 is 0 Å². The quantitative estimate of drug-likeness (QED) is 0.319. The first-order chi connectivity index (χ1) is 19.2. The molecule has 0 bridgehead atoms. The van der Waals surface area contributed by atoms with Gasteiger partial charge in [0.2, 0.25) is 5.91 Å². The normalized spacial score (nSPS) is 19.2. The Morgan fingerprint density at radius 2 is 1.57 bits per heavy atom. The molecule has 210 valence electrons. The lowest BCUT2D eigenvalue weighted by molar-refractivity contribution is -0.129. The second kappa shape index (κ2) is 13.0. The molecule has 5 nitrogen and oxygen atoms in total. The summed E-state index contributed by atoms with van der Waals surface area (Å²) in [5.74, 6) is 0.656. The van der Waals surface area contributed by atoms with Crippen LogP contribution in [-0.2, 0) is 14.9 Å². The Kier molecular flexibility index (Phi) is 9.46. The second-order valence-corrected chi connectivity index (χ2v) is 11.3. The van der Waals surface area contributed by atoms with Gasteiger partial charge in [0, 0.05) is 30.3 Å². The number of ether oxygens (including phenoxy) is 1. The van der Waals surface area contributed by atoms with Crippen LogP contribution in [0.2, 0.25) is 0 Å². The van der Waals surface area contributed by atoms with E-state index >= 15 is 0 Å². The summed E-state index contributed by atoms with van der Waals surface area (Å²) in [6, 6.07) is 17.6. The molecule has 1 aliphatic heterocycles. The minimum atomic E-state index is -0.628. The first kappa shape index (κ1) is 29.1. The van der Waals surface area contributed by atoms with E-state index in [1.807, 2.05) is 61.2 Å². The molecule has 0 aromatic heterocycles. The van der Waals surface area contributed by atoms with Crippen molar-refractivity contribution >= 4 is 17.6 Å². The summed E-state index contributed by atoms with van der Waals surface area (Å²) in [4.78, 5) is 29.0. The van der Waals surface area contributed by atoms with E-state index in [0.717, 1.165) is 36.8 Å². The molecular formula is C35H42N2O3. The van der Waals surface area contributed by atoms with Crippen LogP contribution in [0, 0.1) is 0 Å². The number of nitrogens with one attached hydrogen (secondary N) is 1. The van der Waals surface area contributed by atoms with Crippen molar-refractivity contribution in [1.29, 1.82) is 0 Å². The van der Waals surface area contributed by atoms with Crippen molar-refractivity contribution in [3.05, 3.63) is 113 Å². The molecule has 1 heterocycles. The Bertz CT molecular complexity index is 1290. The monoisotopic (exact) mass is 538 g/mol. The van der Waals surface area contributed by atoms with Crippen molar-refractivity contribution in [3.8, 4) is 0 Å². The van der Waals surface area contributed by atoms with Crippen LogP contribution < -0.4 is 5.32 Å². The van der Waals surface area contributed by atoms with Gasteiger partial charge in [-0.3, -0.25) is 9.59 Å². The number of rotatable bonds is 6. The highest BCUT2D eigenvalue weighted by atomic mass is 16.5. The lowest BCUT2D eigenvalue weighted by atomic mass is 9.71. The Morgan fingerprint density at radius 1 is 0.950 bits per heavy atom. The van der Waals surface area contributed by atoms with E-state index in [0.29, 0.717) is 37.3 Å². The highest BCUT2D eigenvalue weighted by Gasteiger charge is 2.44. The van der Waals surface area contributed by atoms with Crippen molar-refractivity contribution in [3.63, 3.8) is 0 Å². The molecule has 1 fully saturated rings. The number of hydrogen-bond acceptors (Lipinski definition) is 3. The third kappa shape index (κ3) is 6.64. The molecular weight excluding hydrogens is 496 g/mol. The molecule has 1 saturated heterocycles. The minimum absolute atomic E-state index is 0.00824. The standard InChI is InChI=1S/C31H34N2O3.C4H8/c1-22(36-2)23-12-14-24(15-13-23)29(34)33-18-16-31(17-19-33,27-10-4-3-5-11-27)30(35)32-28-20-25-8-6-7-9-26(25)21-28;1-4(2)3/h3-6,8,10-15,28H,1,7,9,16-21H2,2H3,(H,32,35);1H2,2-3H3. The smallest absolute Gasteiger partial charge is 0.253 e. The van der Waals surface area contributed by atoms with E-state index in [-0.39, 0.29) is 17.9 Å². The van der Waals surface area contributed by atoms with Gasteiger partial charge in [0.15, 0.2) is 0 Å². The van der Waals surface area contributed by atoms with E-state index in [1.54, 1.807) is 7.11 Å². The van der Waals surface area contributed by atoms with Crippen LogP contribution in [0.4, 0.5) is 0 Å². The van der Waals surface area contributed by atoms with Crippen molar-refractivity contribution < 1.29 is 14.3 Å².